The van der Waals surface area contributed by atoms with Crippen LogP contribution in [0.3, 0.4) is 0 Å². The molecule has 0 spiro atoms. The van der Waals surface area contributed by atoms with Gasteiger partial charge in [0.1, 0.15) is 11.6 Å². The molecule has 4 aliphatic rings. The van der Waals surface area contributed by atoms with Crippen LogP contribution in [0.5, 0.6) is 0 Å². The van der Waals surface area contributed by atoms with E-state index >= 15 is 4.39 Å². The van der Waals surface area contributed by atoms with E-state index in [1.807, 2.05) is 6.07 Å². The molecule has 6 rings (SSSR count). The Kier molecular flexibility index (Phi) is 6.75. The van der Waals surface area contributed by atoms with Crippen LogP contribution >= 0.6 is 0 Å². The molecule has 5 unspecified atom stereocenters. The first-order chi connectivity index (χ1) is 18.7. The van der Waals surface area contributed by atoms with Gasteiger partial charge in [-0.25, -0.2) is 4.39 Å². The van der Waals surface area contributed by atoms with Crippen molar-refractivity contribution in [3.8, 4) is 11.1 Å². The zero-order valence-electron chi connectivity index (χ0n) is 24.0. The number of hydrogen-bond donors (Lipinski definition) is 0. The fraction of sp³-hybridized carbons (Fsp3) is 0.600. The van der Waals surface area contributed by atoms with Gasteiger partial charge in [0.15, 0.2) is 0 Å². The second kappa shape index (κ2) is 9.85. The Morgan fingerprint density at radius 2 is 1.74 bits per heavy atom. The quantitative estimate of drug-likeness (QED) is 0.372. The number of ketones is 1. The van der Waals surface area contributed by atoms with E-state index in [1.165, 1.54) is 57.3 Å². The van der Waals surface area contributed by atoms with Gasteiger partial charge in [-0.2, -0.15) is 0 Å². The van der Waals surface area contributed by atoms with Gasteiger partial charge in [0, 0.05) is 17.4 Å². The summed E-state index contributed by atoms with van der Waals surface area (Å²) >= 11 is 0. The lowest BCUT2D eigenvalue weighted by molar-refractivity contribution is -0.142. The number of methoxy groups -OCH3 is 1. The molecule has 0 saturated heterocycles. The zero-order valence-corrected chi connectivity index (χ0v) is 24.0. The molecule has 0 aromatic heterocycles. The van der Waals surface area contributed by atoms with E-state index in [9.17, 15) is 9.59 Å². The predicted molar refractivity (Wildman–Crippen MR) is 152 cm³/mol. The monoisotopic (exact) mass is 530 g/mol. The van der Waals surface area contributed by atoms with Crippen LogP contribution < -0.4 is 0 Å². The first-order valence-electron chi connectivity index (χ1n) is 15.2. The highest BCUT2D eigenvalue weighted by Crippen LogP contribution is 2.66. The summed E-state index contributed by atoms with van der Waals surface area (Å²) in [6.07, 6.45) is 10.6. The summed E-state index contributed by atoms with van der Waals surface area (Å²) in [6.45, 7) is 6.60. The van der Waals surface area contributed by atoms with Crippen LogP contribution in [0.15, 0.2) is 42.5 Å². The van der Waals surface area contributed by atoms with E-state index in [0.29, 0.717) is 34.2 Å². The molecule has 4 saturated carbocycles. The summed E-state index contributed by atoms with van der Waals surface area (Å²) in [5.41, 5.74) is 3.79. The Morgan fingerprint density at radius 1 is 0.974 bits per heavy atom. The number of hydrogen-bond acceptors (Lipinski definition) is 3. The molecule has 0 radical (unpaired) electrons. The minimum absolute atomic E-state index is 0.0390. The van der Waals surface area contributed by atoms with E-state index in [-0.39, 0.29) is 17.2 Å². The topological polar surface area (TPSA) is 43.4 Å². The Morgan fingerprint density at radius 3 is 2.46 bits per heavy atom. The molecule has 8 atom stereocenters. The maximum Gasteiger partial charge on any atom is 0.312 e. The highest BCUT2D eigenvalue weighted by Gasteiger charge is 2.60. The van der Waals surface area contributed by atoms with Gasteiger partial charge in [-0.1, -0.05) is 50.2 Å². The van der Waals surface area contributed by atoms with Crippen molar-refractivity contribution < 1.29 is 18.7 Å². The number of carbonyl (C=O) groups excluding carboxylic acids is 2. The first kappa shape index (κ1) is 26.7. The molecular weight excluding hydrogens is 487 g/mol. The second-order valence-corrected chi connectivity index (χ2v) is 13.7. The number of esters is 1. The Hall–Kier alpha value is -2.49. The number of carbonyl (C=O) groups is 2. The average molecular weight is 531 g/mol. The highest BCUT2D eigenvalue weighted by molar-refractivity contribution is 5.87. The standard InChI is InChI=1S/C35H43FO3/c1-21(33(38)39-4)24-9-11-27(31(36)20-24)23-7-5-22(6-8-23)25-15-17-34(2)26(19-25)10-12-28-29-13-14-32(37)35(29,3)18-16-30(28)34/h5-9,11,20-21,25-26,28-30H,10,12-19H2,1-4H3/t21?,25-,26?,28?,29?,30?,34-,35-/m0/s1. The summed E-state index contributed by atoms with van der Waals surface area (Å²) in [4.78, 5) is 24.6. The Balaban J connectivity index is 1.15. The minimum atomic E-state index is -0.494. The molecule has 4 fully saturated rings. The van der Waals surface area contributed by atoms with E-state index in [1.54, 1.807) is 13.0 Å². The number of halogens is 1. The fourth-order valence-electron chi connectivity index (χ4n) is 9.61. The van der Waals surface area contributed by atoms with Crippen molar-refractivity contribution in [2.45, 2.75) is 90.4 Å². The summed E-state index contributed by atoms with van der Waals surface area (Å²) in [6, 6.07) is 13.6. The van der Waals surface area contributed by atoms with Crippen molar-refractivity contribution in [3.05, 3.63) is 59.4 Å². The molecule has 4 heteroatoms. The van der Waals surface area contributed by atoms with Crippen molar-refractivity contribution in [1.82, 2.24) is 0 Å². The van der Waals surface area contributed by atoms with Crippen molar-refractivity contribution in [1.29, 1.82) is 0 Å². The van der Waals surface area contributed by atoms with E-state index in [4.69, 9.17) is 4.74 Å². The molecule has 3 nitrogen and oxygen atoms in total. The largest absolute Gasteiger partial charge is 0.469 e. The SMILES string of the molecule is COC(=O)C(C)c1ccc(-c2ccc([C@H]3CC[C@@]4(C)C(CCC5C4CC[C@]4(C)C(=O)CCC54)C3)cc2)c(F)c1. The molecule has 0 N–H and O–H groups in total. The van der Waals surface area contributed by atoms with Crippen molar-refractivity contribution in [3.63, 3.8) is 0 Å². The van der Waals surface area contributed by atoms with Gasteiger partial charge in [0.2, 0.25) is 0 Å². The van der Waals surface area contributed by atoms with E-state index < -0.39 is 5.92 Å². The molecule has 4 aliphatic carbocycles. The van der Waals surface area contributed by atoms with Gasteiger partial charge in [0.25, 0.3) is 0 Å². The van der Waals surface area contributed by atoms with Crippen LogP contribution in [0.2, 0.25) is 0 Å². The third-order valence-electron chi connectivity index (χ3n) is 12.1. The molecule has 0 aliphatic heterocycles. The third-order valence-corrected chi connectivity index (χ3v) is 12.1. The Bertz CT molecular complexity index is 1270. The van der Waals surface area contributed by atoms with Crippen LogP contribution in [0.25, 0.3) is 11.1 Å². The van der Waals surface area contributed by atoms with Gasteiger partial charge in [-0.3, -0.25) is 9.59 Å². The van der Waals surface area contributed by atoms with Gasteiger partial charge in [-0.15, -0.1) is 0 Å². The van der Waals surface area contributed by atoms with E-state index in [0.717, 1.165) is 42.6 Å². The first-order valence-corrected chi connectivity index (χ1v) is 15.2. The van der Waals surface area contributed by atoms with Crippen molar-refractivity contribution >= 4 is 11.8 Å². The highest BCUT2D eigenvalue weighted by atomic mass is 19.1. The van der Waals surface area contributed by atoms with Crippen LogP contribution in [0.4, 0.5) is 4.39 Å². The van der Waals surface area contributed by atoms with Crippen LogP contribution in [0.1, 0.15) is 102 Å². The van der Waals surface area contributed by atoms with Crippen molar-refractivity contribution in [2.75, 3.05) is 7.11 Å². The molecule has 0 bridgehead atoms. The van der Waals surface area contributed by atoms with Gasteiger partial charge in [0.05, 0.1) is 13.0 Å². The van der Waals surface area contributed by atoms with Gasteiger partial charge in [-0.05, 0) is 116 Å². The number of Topliss-reactive ketones (excluding diaryl/α,β-unsaturated/α-hetero) is 1. The number of benzene rings is 2. The van der Waals surface area contributed by atoms with Crippen LogP contribution in [-0.2, 0) is 14.3 Å². The average Bonchev–Trinajstić information content (AvgIpc) is 3.26. The lowest BCUT2D eigenvalue weighted by Crippen LogP contribution is -2.53. The zero-order chi connectivity index (χ0) is 27.5. The minimum Gasteiger partial charge on any atom is -0.469 e. The van der Waals surface area contributed by atoms with E-state index in [2.05, 4.69) is 38.1 Å². The molecular formula is C35H43FO3. The molecule has 0 amide bonds. The molecule has 2 aromatic carbocycles. The summed E-state index contributed by atoms with van der Waals surface area (Å²) in [5, 5.41) is 0. The Labute approximate surface area is 232 Å². The molecule has 2 aromatic rings. The lowest BCUT2D eigenvalue weighted by atomic mass is 9.44. The van der Waals surface area contributed by atoms with Crippen molar-refractivity contribution in [2.24, 2.45) is 34.5 Å². The van der Waals surface area contributed by atoms with Crippen LogP contribution in [-0.4, -0.2) is 18.9 Å². The van der Waals surface area contributed by atoms with Gasteiger partial charge < -0.3 is 4.74 Å². The third kappa shape index (κ3) is 4.28. The lowest BCUT2D eigenvalue weighted by Gasteiger charge is -2.60. The number of ether oxygens (including phenoxy) is 1. The molecule has 208 valence electrons. The summed E-state index contributed by atoms with van der Waals surface area (Å²) < 4.78 is 19.8. The smallest absolute Gasteiger partial charge is 0.312 e. The predicted octanol–water partition coefficient (Wildman–Crippen LogP) is 8.46. The molecule has 39 heavy (non-hydrogen) atoms. The maximum absolute atomic E-state index is 15.0. The summed E-state index contributed by atoms with van der Waals surface area (Å²) in [5.74, 6) is 2.81. The van der Waals surface area contributed by atoms with Gasteiger partial charge >= 0.3 is 5.97 Å². The maximum atomic E-state index is 15.0. The summed E-state index contributed by atoms with van der Waals surface area (Å²) in [7, 11) is 1.35. The molecule has 0 heterocycles. The fourth-order valence-corrected chi connectivity index (χ4v) is 9.61. The van der Waals surface area contributed by atoms with Crippen LogP contribution in [0, 0.1) is 40.3 Å². The second-order valence-electron chi connectivity index (χ2n) is 13.7. The number of fused-ring (bicyclic) bond motifs is 5. The number of rotatable bonds is 4. The normalized spacial score (nSPS) is 36.4.